The fourth-order valence-electron chi connectivity index (χ4n) is 2.85. The van der Waals surface area contributed by atoms with E-state index in [1.54, 1.807) is 41.3 Å². The highest BCUT2D eigenvalue weighted by atomic mass is 79.9. The second-order valence-electron chi connectivity index (χ2n) is 6.46. The highest BCUT2D eigenvalue weighted by molar-refractivity contribution is 9.10. The van der Waals surface area contributed by atoms with Gasteiger partial charge in [-0.15, -0.1) is 0 Å². The molecule has 1 aliphatic rings. The van der Waals surface area contributed by atoms with Crippen LogP contribution in [-0.4, -0.2) is 41.3 Å². The lowest BCUT2D eigenvalue weighted by atomic mass is 10.2. The van der Waals surface area contributed by atoms with Crippen LogP contribution in [0.5, 0.6) is 11.5 Å². The Morgan fingerprint density at radius 2 is 1.94 bits per heavy atom. The number of thiocarbonyl (C=S) groups is 1. The first kappa shape index (κ1) is 24.9. The predicted molar refractivity (Wildman–Crippen MR) is 137 cm³/mol. The molecule has 2 amide bonds. The van der Waals surface area contributed by atoms with Gasteiger partial charge in [0.25, 0.3) is 11.8 Å². The average molecular weight is 576 g/mol. The lowest BCUT2D eigenvalue weighted by Crippen LogP contribution is -2.27. The summed E-state index contributed by atoms with van der Waals surface area (Å²) in [5, 5.41) is 3.49. The zero-order chi connectivity index (χ0) is 23.4. The van der Waals surface area contributed by atoms with Crippen molar-refractivity contribution in [3.8, 4) is 11.5 Å². The first-order valence-corrected chi connectivity index (χ1v) is 12.0. The molecule has 0 unspecified atom stereocenters. The van der Waals surface area contributed by atoms with Gasteiger partial charge in [0.05, 0.1) is 16.5 Å². The van der Waals surface area contributed by atoms with Crippen LogP contribution in [0.1, 0.15) is 12.5 Å². The fraction of sp³-hybridized carbons (Fsp3) is 0.190. The van der Waals surface area contributed by atoms with Gasteiger partial charge in [-0.1, -0.05) is 47.2 Å². The number of thioether (sulfide) groups is 1. The Labute approximate surface area is 213 Å². The first-order valence-electron chi connectivity index (χ1n) is 9.23. The molecule has 168 valence electrons. The van der Waals surface area contributed by atoms with E-state index in [-0.39, 0.29) is 12.5 Å². The zero-order valence-corrected chi connectivity index (χ0v) is 21.6. The van der Waals surface area contributed by atoms with E-state index in [0.29, 0.717) is 47.5 Å². The summed E-state index contributed by atoms with van der Waals surface area (Å²) in [5.74, 6) is 0.223. The average Bonchev–Trinajstić information content (AvgIpc) is 2.98. The Bertz CT molecular complexity index is 1110. The third kappa shape index (κ3) is 5.96. The van der Waals surface area contributed by atoms with Gasteiger partial charge in [0.1, 0.15) is 4.32 Å². The van der Waals surface area contributed by atoms with E-state index >= 15 is 0 Å². The van der Waals surface area contributed by atoms with Crippen LogP contribution in [0.25, 0.3) is 6.08 Å². The van der Waals surface area contributed by atoms with Crippen LogP contribution >= 0.6 is 63.1 Å². The maximum absolute atomic E-state index is 12.4. The molecule has 2 aromatic rings. The van der Waals surface area contributed by atoms with Crippen LogP contribution in [0, 0.1) is 0 Å². The summed E-state index contributed by atoms with van der Waals surface area (Å²) >= 11 is 21.8. The van der Waals surface area contributed by atoms with Crippen LogP contribution in [0.15, 0.2) is 39.7 Å². The normalized spacial score (nSPS) is 14.8. The molecular formula is C21H17BrCl2N2O4S2. The Hall–Kier alpha value is -1.78. The van der Waals surface area contributed by atoms with Crippen molar-refractivity contribution in [1.82, 2.24) is 4.90 Å². The second-order valence-corrected chi connectivity index (χ2v) is 9.86. The minimum absolute atomic E-state index is 0.129. The molecule has 0 radical (unpaired) electrons. The number of benzene rings is 2. The SMILES string of the molecule is CCN1C(=O)/C(=C/c2cc(Br)c(OCC(=O)Nc3cc(Cl)cc(Cl)c3)c(OC)c2)SC1=S. The summed E-state index contributed by atoms with van der Waals surface area (Å²) < 4.78 is 12.2. The fourth-order valence-corrected chi connectivity index (χ4v) is 5.33. The van der Waals surface area contributed by atoms with E-state index in [1.165, 1.54) is 18.9 Å². The molecule has 0 bridgehead atoms. The number of anilines is 1. The van der Waals surface area contributed by atoms with Gasteiger partial charge in [-0.25, -0.2) is 0 Å². The number of nitrogens with zero attached hydrogens (tertiary/aromatic N) is 1. The first-order chi connectivity index (χ1) is 15.2. The second kappa shape index (κ2) is 10.9. The molecule has 0 saturated carbocycles. The van der Waals surface area contributed by atoms with Gasteiger partial charge < -0.3 is 14.8 Å². The molecule has 1 fully saturated rings. The van der Waals surface area contributed by atoms with E-state index in [2.05, 4.69) is 21.2 Å². The van der Waals surface area contributed by atoms with E-state index in [9.17, 15) is 9.59 Å². The van der Waals surface area contributed by atoms with Crippen LogP contribution in [0.2, 0.25) is 10.0 Å². The smallest absolute Gasteiger partial charge is 0.266 e. The van der Waals surface area contributed by atoms with Gasteiger partial charge in [0.2, 0.25) is 0 Å². The van der Waals surface area contributed by atoms with Gasteiger partial charge in [-0.05, 0) is 64.8 Å². The topological polar surface area (TPSA) is 67.9 Å². The Kier molecular flexibility index (Phi) is 8.46. The molecule has 6 nitrogen and oxygen atoms in total. The van der Waals surface area contributed by atoms with Crippen molar-refractivity contribution in [3.05, 3.63) is 55.3 Å². The molecule has 11 heteroatoms. The van der Waals surface area contributed by atoms with Gasteiger partial charge in [0.15, 0.2) is 18.1 Å². The number of carbonyl (C=O) groups is 2. The van der Waals surface area contributed by atoms with Crippen molar-refractivity contribution in [3.63, 3.8) is 0 Å². The van der Waals surface area contributed by atoms with Crippen LogP contribution < -0.4 is 14.8 Å². The molecule has 1 saturated heterocycles. The molecule has 1 heterocycles. The molecule has 0 aliphatic carbocycles. The number of likely N-dealkylation sites (N-methyl/N-ethyl adjacent to an activating group) is 1. The van der Waals surface area contributed by atoms with Crippen molar-refractivity contribution in [2.45, 2.75) is 6.92 Å². The molecule has 0 spiro atoms. The van der Waals surface area contributed by atoms with Gasteiger partial charge in [-0.2, -0.15) is 0 Å². The summed E-state index contributed by atoms with van der Waals surface area (Å²) in [4.78, 5) is 26.8. The predicted octanol–water partition coefficient (Wildman–Crippen LogP) is 6.00. The summed E-state index contributed by atoms with van der Waals surface area (Å²) in [6.07, 6.45) is 1.74. The molecule has 0 atom stereocenters. The van der Waals surface area contributed by atoms with Crippen molar-refractivity contribution in [2.24, 2.45) is 0 Å². The van der Waals surface area contributed by atoms with E-state index in [1.807, 2.05) is 6.92 Å². The van der Waals surface area contributed by atoms with Crippen molar-refractivity contribution in [1.29, 1.82) is 0 Å². The zero-order valence-electron chi connectivity index (χ0n) is 16.9. The highest BCUT2D eigenvalue weighted by Crippen LogP contribution is 2.39. The quantitative estimate of drug-likeness (QED) is 0.322. The Morgan fingerprint density at radius 3 is 2.53 bits per heavy atom. The molecule has 1 aliphatic heterocycles. The number of rotatable bonds is 7. The lowest BCUT2D eigenvalue weighted by molar-refractivity contribution is -0.122. The lowest BCUT2D eigenvalue weighted by Gasteiger charge is -2.14. The van der Waals surface area contributed by atoms with Gasteiger partial charge in [0, 0.05) is 22.3 Å². The number of methoxy groups -OCH3 is 1. The highest BCUT2D eigenvalue weighted by Gasteiger charge is 2.30. The third-order valence-electron chi connectivity index (χ3n) is 4.23. The maximum atomic E-state index is 12.4. The van der Waals surface area contributed by atoms with Crippen molar-refractivity contribution >= 4 is 91.0 Å². The standard InChI is InChI=1S/C21H17BrCl2N2O4S2/c1-3-26-20(28)17(32-21(26)31)6-11-4-15(22)19(16(5-11)29-2)30-10-18(27)25-14-8-12(23)7-13(24)9-14/h4-9H,3,10H2,1-2H3,(H,25,27)/b17-6-. The summed E-state index contributed by atoms with van der Waals surface area (Å²) in [6, 6.07) is 8.22. The van der Waals surface area contributed by atoms with Gasteiger partial charge >= 0.3 is 0 Å². The molecule has 1 N–H and O–H groups in total. The largest absolute Gasteiger partial charge is 0.493 e. The van der Waals surface area contributed by atoms with E-state index < -0.39 is 5.91 Å². The summed E-state index contributed by atoms with van der Waals surface area (Å²) in [5.41, 5.74) is 1.18. The van der Waals surface area contributed by atoms with Crippen molar-refractivity contribution in [2.75, 3.05) is 25.6 Å². The number of nitrogens with one attached hydrogen (secondary N) is 1. The number of carbonyl (C=O) groups excluding carboxylic acids is 2. The molecular weight excluding hydrogens is 559 g/mol. The molecule has 2 aromatic carbocycles. The van der Waals surface area contributed by atoms with Crippen LogP contribution in [0.4, 0.5) is 5.69 Å². The molecule has 3 rings (SSSR count). The number of hydrogen-bond acceptors (Lipinski definition) is 6. The van der Waals surface area contributed by atoms with E-state index in [0.717, 1.165) is 5.56 Å². The summed E-state index contributed by atoms with van der Waals surface area (Å²) in [7, 11) is 1.49. The third-order valence-corrected chi connectivity index (χ3v) is 6.64. The molecule has 32 heavy (non-hydrogen) atoms. The number of amides is 2. The molecule has 0 aromatic heterocycles. The minimum atomic E-state index is -0.399. The monoisotopic (exact) mass is 574 g/mol. The van der Waals surface area contributed by atoms with E-state index in [4.69, 9.17) is 44.9 Å². The van der Waals surface area contributed by atoms with Gasteiger partial charge in [-0.3, -0.25) is 14.5 Å². The Balaban J connectivity index is 1.74. The van der Waals surface area contributed by atoms with Crippen molar-refractivity contribution < 1.29 is 19.1 Å². The Morgan fingerprint density at radius 1 is 1.25 bits per heavy atom. The maximum Gasteiger partial charge on any atom is 0.266 e. The van der Waals surface area contributed by atoms with Crippen LogP contribution in [0.3, 0.4) is 0 Å². The number of ether oxygens (including phenoxy) is 2. The van der Waals surface area contributed by atoms with Crippen LogP contribution in [-0.2, 0) is 9.59 Å². The number of hydrogen-bond donors (Lipinski definition) is 1. The number of halogens is 3. The summed E-state index contributed by atoms with van der Waals surface area (Å²) in [6.45, 7) is 2.12. The minimum Gasteiger partial charge on any atom is -0.493 e.